The third-order valence-corrected chi connectivity index (χ3v) is 4.95. The molecule has 0 bridgehead atoms. The van der Waals surface area contributed by atoms with Crippen LogP contribution in [0.2, 0.25) is 5.28 Å². The van der Waals surface area contributed by atoms with Gasteiger partial charge in [-0.05, 0) is 52.9 Å². The molecule has 3 aromatic rings. The van der Waals surface area contributed by atoms with Gasteiger partial charge in [0.25, 0.3) is 5.91 Å². The summed E-state index contributed by atoms with van der Waals surface area (Å²) in [7, 11) is 0. The van der Waals surface area contributed by atoms with Gasteiger partial charge in [0.2, 0.25) is 5.28 Å². The number of hydrogen-bond acceptors (Lipinski definition) is 6. The summed E-state index contributed by atoms with van der Waals surface area (Å²) >= 11 is 5.93. The van der Waals surface area contributed by atoms with Crippen molar-refractivity contribution < 1.29 is 4.79 Å². The molecule has 10 heteroatoms. The number of amides is 1. The molecule has 0 aliphatic heterocycles. The van der Waals surface area contributed by atoms with Crippen LogP contribution in [-0.4, -0.2) is 49.2 Å². The minimum absolute atomic E-state index is 0.189. The molecule has 2 aromatic heterocycles. The lowest BCUT2D eigenvalue weighted by atomic mass is 10.1. The number of aromatic amines is 1. The molecule has 1 aromatic carbocycles. The van der Waals surface area contributed by atoms with Crippen molar-refractivity contribution in [2.24, 2.45) is 0 Å². The highest BCUT2D eigenvalue weighted by Crippen LogP contribution is 2.16. The highest BCUT2D eigenvalue weighted by molar-refractivity contribution is 6.28. The lowest BCUT2D eigenvalue weighted by Gasteiger charge is -2.08. The Hall–Kier alpha value is -2.94. The highest BCUT2D eigenvalue weighted by Gasteiger charge is 2.16. The van der Waals surface area contributed by atoms with Gasteiger partial charge in [-0.15, -0.1) is 5.10 Å². The molecule has 3 N–H and O–H groups in total. The molecule has 0 saturated heterocycles. The van der Waals surface area contributed by atoms with Crippen LogP contribution in [0.4, 0.5) is 5.82 Å². The number of aromatic nitrogens is 6. The maximum Gasteiger partial charge on any atom is 0.271 e. The van der Waals surface area contributed by atoms with E-state index in [0.717, 1.165) is 25.2 Å². The summed E-state index contributed by atoms with van der Waals surface area (Å²) in [4.78, 5) is 19.4. The van der Waals surface area contributed by atoms with Crippen molar-refractivity contribution in [3.05, 3.63) is 52.2 Å². The van der Waals surface area contributed by atoms with Crippen LogP contribution in [0.1, 0.15) is 53.6 Å². The molecule has 0 aliphatic rings. The topological polar surface area (TPSA) is 113 Å². The summed E-state index contributed by atoms with van der Waals surface area (Å²) in [5.41, 5.74) is 2.75. The molecule has 2 heterocycles. The maximum atomic E-state index is 12.5. The van der Waals surface area contributed by atoms with E-state index in [1.165, 1.54) is 11.1 Å². The number of nitrogens with zero attached hydrogens (tertiary/aromatic N) is 5. The van der Waals surface area contributed by atoms with E-state index in [2.05, 4.69) is 62.1 Å². The van der Waals surface area contributed by atoms with Gasteiger partial charge in [0.05, 0.1) is 0 Å². The molecule has 1 amide bonds. The van der Waals surface area contributed by atoms with Gasteiger partial charge in [-0.3, -0.25) is 4.79 Å². The first-order valence-electron chi connectivity index (χ1n) is 10.2. The van der Waals surface area contributed by atoms with E-state index in [0.29, 0.717) is 37.4 Å². The molecule has 0 radical (unpaired) electrons. The smallest absolute Gasteiger partial charge is 0.271 e. The number of rotatable bonds is 11. The fourth-order valence-corrected chi connectivity index (χ4v) is 3.22. The molecule has 0 spiro atoms. The third kappa shape index (κ3) is 5.79. The standard InChI is InChI=1S/C20H27ClN8O/c1-3-4-10-22-18-17(24-20(21)25-18)19(30)23-11-7-12-29-16(26-27-28-29)13-15-9-6-5-8-14(15)2/h5-6,8-9,22H,3-4,7,10-13H2,1-2H3,(H,23,30)(H,24,25). The van der Waals surface area contributed by atoms with Gasteiger partial charge in [0.1, 0.15) is 5.69 Å². The zero-order valence-electron chi connectivity index (χ0n) is 17.3. The van der Waals surface area contributed by atoms with Gasteiger partial charge in [-0.25, -0.2) is 9.67 Å². The van der Waals surface area contributed by atoms with Crippen molar-refractivity contribution >= 4 is 23.3 Å². The van der Waals surface area contributed by atoms with E-state index in [9.17, 15) is 4.79 Å². The molecule has 0 aliphatic carbocycles. The Morgan fingerprint density at radius 2 is 2.07 bits per heavy atom. The van der Waals surface area contributed by atoms with E-state index in [1.54, 1.807) is 4.68 Å². The summed E-state index contributed by atoms with van der Waals surface area (Å²) < 4.78 is 1.78. The highest BCUT2D eigenvalue weighted by atomic mass is 35.5. The maximum absolute atomic E-state index is 12.5. The summed E-state index contributed by atoms with van der Waals surface area (Å²) in [6.07, 6.45) is 3.40. The van der Waals surface area contributed by atoms with Crippen molar-refractivity contribution in [2.45, 2.75) is 46.1 Å². The molecule has 0 atom stereocenters. The molecule has 0 fully saturated rings. The number of unbranched alkanes of at least 4 members (excludes halogenated alkanes) is 1. The molecule has 160 valence electrons. The summed E-state index contributed by atoms with van der Waals surface area (Å²) in [5, 5.41) is 18.2. The summed E-state index contributed by atoms with van der Waals surface area (Å²) in [6, 6.07) is 8.18. The number of carbonyl (C=O) groups excluding carboxylic acids is 1. The van der Waals surface area contributed by atoms with Crippen LogP contribution < -0.4 is 10.6 Å². The van der Waals surface area contributed by atoms with Crippen molar-refractivity contribution in [3.8, 4) is 0 Å². The Balaban J connectivity index is 1.50. The van der Waals surface area contributed by atoms with Crippen LogP contribution in [0.5, 0.6) is 0 Å². The quantitative estimate of drug-likeness (QED) is 0.403. The number of tetrazole rings is 1. The molecule has 0 unspecified atom stereocenters. The first-order valence-corrected chi connectivity index (χ1v) is 10.5. The van der Waals surface area contributed by atoms with Crippen molar-refractivity contribution in [3.63, 3.8) is 0 Å². The molecule has 3 rings (SSSR count). The fraction of sp³-hybridized carbons (Fsp3) is 0.450. The Bertz CT molecular complexity index is 967. The second-order valence-electron chi connectivity index (χ2n) is 7.06. The lowest BCUT2D eigenvalue weighted by Crippen LogP contribution is -2.27. The summed E-state index contributed by atoms with van der Waals surface area (Å²) in [6.45, 7) is 6.00. The number of imidazole rings is 1. The average molecular weight is 431 g/mol. The van der Waals surface area contributed by atoms with Crippen LogP contribution in [-0.2, 0) is 13.0 Å². The van der Waals surface area contributed by atoms with Gasteiger partial charge in [0, 0.05) is 26.1 Å². The molecular formula is C20H27ClN8O. The molecule has 9 nitrogen and oxygen atoms in total. The monoisotopic (exact) mass is 430 g/mol. The van der Waals surface area contributed by atoms with Crippen LogP contribution >= 0.6 is 11.6 Å². The van der Waals surface area contributed by atoms with Crippen LogP contribution in [0.15, 0.2) is 24.3 Å². The zero-order chi connectivity index (χ0) is 21.3. The zero-order valence-corrected chi connectivity index (χ0v) is 18.0. The first-order chi connectivity index (χ1) is 14.6. The number of carbonyl (C=O) groups is 1. The predicted octanol–water partition coefficient (Wildman–Crippen LogP) is 2.98. The van der Waals surface area contributed by atoms with Gasteiger partial charge in [-0.1, -0.05) is 37.6 Å². The second kappa shape index (κ2) is 10.7. The first kappa shape index (κ1) is 21.8. The van der Waals surface area contributed by atoms with Crippen molar-refractivity contribution in [1.29, 1.82) is 0 Å². The number of anilines is 1. The van der Waals surface area contributed by atoms with E-state index >= 15 is 0 Å². The average Bonchev–Trinajstić information content (AvgIpc) is 3.33. The SMILES string of the molecule is CCCCNc1nc(Cl)[nH]c1C(=O)NCCCn1nnnc1Cc1ccccc1C. The minimum Gasteiger partial charge on any atom is -0.368 e. The lowest BCUT2D eigenvalue weighted by molar-refractivity contribution is 0.0949. The van der Waals surface area contributed by atoms with Gasteiger partial charge >= 0.3 is 0 Å². The second-order valence-corrected chi connectivity index (χ2v) is 7.42. The number of benzene rings is 1. The van der Waals surface area contributed by atoms with Crippen LogP contribution in [0.3, 0.4) is 0 Å². The number of hydrogen-bond donors (Lipinski definition) is 3. The van der Waals surface area contributed by atoms with Gasteiger partial charge in [-0.2, -0.15) is 0 Å². The third-order valence-electron chi connectivity index (χ3n) is 4.77. The number of halogens is 1. The largest absolute Gasteiger partial charge is 0.368 e. The van der Waals surface area contributed by atoms with Crippen molar-refractivity contribution in [1.82, 2.24) is 35.5 Å². The van der Waals surface area contributed by atoms with Gasteiger partial charge in [0.15, 0.2) is 11.6 Å². The number of H-pyrrole nitrogens is 1. The predicted molar refractivity (Wildman–Crippen MR) is 116 cm³/mol. The molecule has 0 saturated carbocycles. The van der Waals surface area contributed by atoms with E-state index in [4.69, 9.17) is 11.6 Å². The van der Waals surface area contributed by atoms with Gasteiger partial charge < -0.3 is 15.6 Å². The van der Waals surface area contributed by atoms with Crippen LogP contribution in [0, 0.1) is 6.92 Å². The Labute approximate surface area is 180 Å². The van der Waals surface area contributed by atoms with E-state index in [-0.39, 0.29) is 11.2 Å². The number of nitrogens with one attached hydrogen (secondary N) is 3. The Morgan fingerprint density at radius 3 is 2.87 bits per heavy atom. The van der Waals surface area contributed by atoms with Crippen molar-refractivity contribution in [2.75, 3.05) is 18.4 Å². The fourth-order valence-electron chi connectivity index (χ4n) is 3.04. The summed E-state index contributed by atoms with van der Waals surface area (Å²) in [5.74, 6) is 1.04. The normalized spacial score (nSPS) is 10.9. The number of aryl methyl sites for hydroxylation is 2. The van der Waals surface area contributed by atoms with E-state index in [1.807, 2.05) is 12.1 Å². The van der Waals surface area contributed by atoms with E-state index < -0.39 is 0 Å². The molecule has 30 heavy (non-hydrogen) atoms. The Kier molecular flexibility index (Phi) is 7.78. The molecular weight excluding hydrogens is 404 g/mol. The Morgan fingerprint density at radius 1 is 1.23 bits per heavy atom. The minimum atomic E-state index is -0.245. The van der Waals surface area contributed by atoms with Crippen LogP contribution in [0.25, 0.3) is 0 Å².